The van der Waals surface area contributed by atoms with Gasteiger partial charge in [0.25, 0.3) is 0 Å². The Morgan fingerprint density at radius 3 is 2.81 bits per heavy atom. The lowest BCUT2D eigenvalue weighted by atomic mass is 10.2. The highest BCUT2D eigenvalue weighted by Crippen LogP contribution is 2.26. The van der Waals surface area contributed by atoms with Crippen LogP contribution in [0.15, 0.2) is 53.5 Å². The predicted octanol–water partition coefficient (Wildman–Crippen LogP) is 3.95. The molecule has 1 N–H and O–H groups in total. The molecule has 0 saturated heterocycles. The quantitative estimate of drug-likeness (QED) is 0.380. The monoisotopic (exact) mass is 477 g/mol. The van der Waals surface area contributed by atoms with Gasteiger partial charge in [-0.2, -0.15) is 5.21 Å². The van der Waals surface area contributed by atoms with Gasteiger partial charge in [0.1, 0.15) is 17.7 Å². The molecular weight excluding hydrogens is 458 g/mol. The molecule has 156 valence electrons. The summed E-state index contributed by atoms with van der Waals surface area (Å²) in [5, 5.41) is 14.4. The summed E-state index contributed by atoms with van der Waals surface area (Å²) in [6.45, 7) is 2.90. The number of unbranched alkanes of at least 4 members (excludes halogenated alkanes) is 1. The third-order valence-electron chi connectivity index (χ3n) is 5.16. The first kappa shape index (κ1) is 19.6. The average molecular weight is 478 g/mol. The Hall–Kier alpha value is -3.40. The number of imidazole rings is 1. The molecule has 9 nitrogen and oxygen atoms in total. The minimum Gasteiger partial charge on any atom is -0.313 e. The number of nitrogens with one attached hydrogen (secondary N) is 1. The number of benzene rings is 1. The smallest absolute Gasteiger partial charge is 0.221 e. The van der Waals surface area contributed by atoms with Gasteiger partial charge in [0.2, 0.25) is 5.82 Å². The number of aryl methyl sites for hydroxylation is 1. The Bertz CT molecular complexity index is 1300. The molecule has 0 fully saturated rings. The molecule has 5 rings (SSSR count). The molecule has 0 unspecified atom stereocenters. The molecule has 0 atom stereocenters. The lowest BCUT2D eigenvalue weighted by molar-refractivity contribution is 0.686. The van der Waals surface area contributed by atoms with Crippen LogP contribution in [0, 0.1) is 0 Å². The Kier molecular flexibility index (Phi) is 5.29. The number of halogens is 1. The number of aromatic amines is 1. The third kappa shape index (κ3) is 3.86. The number of H-pyrrole nitrogens is 1. The Labute approximate surface area is 186 Å². The van der Waals surface area contributed by atoms with E-state index in [1.807, 2.05) is 16.8 Å². The Morgan fingerprint density at radius 1 is 1.16 bits per heavy atom. The van der Waals surface area contributed by atoms with Crippen molar-refractivity contribution >= 4 is 27.1 Å². The maximum absolute atomic E-state index is 4.76. The van der Waals surface area contributed by atoms with Gasteiger partial charge in [-0.25, -0.2) is 15.0 Å². The van der Waals surface area contributed by atoms with Crippen molar-refractivity contribution in [1.29, 1.82) is 0 Å². The minimum atomic E-state index is 0.542. The SMILES string of the molecule is CCCCc1nc2cncnc2n1Cc1ccc(-n2cc(Br)cc2-c2nn[nH]n2)cc1. The molecule has 0 saturated carbocycles. The molecule has 0 aliphatic heterocycles. The fourth-order valence-corrected chi connectivity index (χ4v) is 4.07. The highest BCUT2D eigenvalue weighted by Gasteiger charge is 2.14. The molecule has 0 aliphatic rings. The summed E-state index contributed by atoms with van der Waals surface area (Å²) >= 11 is 3.54. The molecule has 10 heteroatoms. The van der Waals surface area contributed by atoms with Crippen molar-refractivity contribution in [2.24, 2.45) is 0 Å². The van der Waals surface area contributed by atoms with Crippen LogP contribution < -0.4 is 0 Å². The van der Waals surface area contributed by atoms with Crippen molar-refractivity contribution in [3.8, 4) is 17.2 Å². The summed E-state index contributed by atoms with van der Waals surface area (Å²) in [4.78, 5) is 13.4. The van der Waals surface area contributed by atoms with Crippen LogP contribution in [0.1, 0.15) is 31.2 Å². The van der Waals surface area contributed by atoms with E-state index in [0.717, 1.165) is 52.1 Å². The number of nitrogens with zero attached hydrogens (tertiary/aromatic N) is 8. The topological polar surface area (TPSA) is 103 Å². The normalized spacial score (nSPS) is 11.4. The maximum atomic E-state index is 4.76. The second-order valence-corrected chi connectivity index (χ2v) is 8.18. The number of hydrogen-bond donors (Lipinski definition) is 1. The van der Waals surface area contributed by atoms with Gasteiger partial charge in [0.15, 0.2) is 5.65 Å². The number of fused-ring (bicyclic) bond motifs is 1. The van der Waals surface area contributed by atoms with E-state index in [1.165, 1.54) is 5.56 Å². The summed E-state index contributed by atoms with van der Waals surface area (Å²) in [5.41, 5.74) is 4.75. The van der Waals surface area contributed by atoms with E-state index >= 15 is 0 Å². The molecular formula is C21H20BrN9. The van der Waals surface area contributed by atoms with Gasteiger partial charge >= 0.3 is 0 Å². The molecule has 4 aromatic heterocycles. The van der Waals surface area contributed by atoms with Crippen LogP contribution in [0.5, 0.6) is 0 Å². The van der Waals surface area contributed by atoms with Crippen LogP contribution in [-0.4, -0.2) is 44.7 Å². The lowest BCUT2D eigenvalue weighted by Crippen LogP contribution is -2.06. The number of aromatic nitrogens is 9. The summed E-state index contributed by atoms with van der Waals surface area (Å²) in [7, 11) is 0. The fourth-order valence-electron chi connectivity index (χ4n) is 3.65. The van der Waals surface area contributed by atoms with E-state index in [4.69, 9.17) is 4.98 Å². The fraction of sp³-hybridized carbons (Fsp3) is 0.238. The molecule has 0 bridgehead atoms. The van der Waals surface area contributed by atoms with Crippen molar-refractivity contribution in [2.45, 2.75) is 32.7 Å². The zero-order valence-electron chi connectivity index (χ0n) is 16.9. The van der Waals surface area contributed by atoms with Crippen molar-refractivity contribution in [3.05, 3.63) is 64.9 Å². The van der Waals surface area contributed by atoms with E-state index in [-0.39, 0.29) is 0 Å². The zero-order valence-corrected chi connectivity index (χ0v) is 18.5. The average Bonchev–Trinajstić information content (AvgIpc) is 3.52. The summed E-state index contributed by atoms with van der Waals surface area (Å²) in [6.07, 6.45) is 8.49. The highest BCUT2D eigenvalue weighted by atomic mass is 79.9. The number of hydrogen-bond acceptors (Lipinski definition) is 6. The van der Waals surface area contributed by atoms with Crippen molar-refractivity contribution in [1.82, 2.24) is 44.7 Å². The molecule has 0 radical (unpaired) electrons. The minimum absolute atomic E-state index is 0.542. The maximum Gasteiger partial charge on any atom is 0.221 e. The van der Waals surface area contributed by atoms with Crippen molar-refractivity contribution < 1.29 is 0 Å². The van der Waals surface area contributed by atoms with Crippen LogP contribution in [0.4, 0.5) is 0 Å². The van der Waals surface area contributed by atoms with Crippen molar-refractivity contribution in [2.75, 3.05) is 0 Å². The predicted molar refractivity (Wildman–Crippen MR) is 120 cm³/mol. The number of tetrazole rings is 1. The molecule has 0 spiro atoms. The van der Waals surface area contributed by atoms with Gasteiger partial charge in [-0.15, -0.1) is 10.2 Å². The number of rotatable bonds is 7. The summed E-state index contributed by atoms with van der Waals surface area (Å²) < 4.78 is 5.17. The van der Waals surface area contributed by atoms with E-state index in [0.29, 0.717) is 12.4 Å². The van der Waals surface area contributed by atoms with E-state index < -0.39 is 0 Å². The van der Waals surface area contributed by atoms with E-state index in [1.54, 1.807) is 12.5 Å². The molecule has 5 aromatic rings. The first-order chi connectivity index (χ1) is 15.2. The second kappa shape index (κ2) is 8.38. The van der Waals surface area contributed by atoms with E-state index in [2.05, 4.69) is 82.3 Å². The molecule has 31 heavy (non-hydrogen) atoms. The first-order valence-electron chi connectivity index (χ1n) is 10.1. The highest BCUT2D eigenvalue weighted by molar-refractivity contribution is 9.10. The Morgan fingerprint density at radius 2 is 2.03 bits per heavy atom. The van der Waals surface area contributed by atoms with Crippen LogP contribution in [0.25, 0.3) is 28.4 Å². The molecule has 0 amide bonds. The van der Waals surface area contributed by atoms with E-state index in [9.17, 15) is 0 Å². The van der Waals surface area contributed by atoms with Gasteiger partial charge in [-0.1, -0.05) is 25.5 Å². The Balaban J connectivity index is 1.46. The third-order valence-corrected chi connectivity index (χ3v) is 5.59. The van der Waals surface area contributed by atoms with Gasteiger partial charge < -0.3 is 9.13 Å². The van der Waals surface area contributed by atoms with Crippen LogP contribution in [0.3, 0.4) is 0 Å². The van der Waals surface area contributed by atoms with Gasteiger partial charge in [-0.3, -0.25) is 0 Å². The lowest BCUT2D eigenvalue weighted by Gasteiger charge is -2.11. The van der Waals surface area contributed by atoms with Crippen LogP contribution >= 0.6 is 15.9 Å². The first-order valence-corrected chi connectivity index (χ1v) is 10.9. The standard InChI is InChI=1S/C21H20BrN9/c1-2-3-4-19-25-17-10-23-13-24-21(17)31(19)11-14-5-7-16(8-6-14)30-12-15(22)9-18(30)20-26-28-29-27-20/h5-10,12-13H,2-4,11H2,1H3,(H,26,27,28,29). The molecule has 1 aromatic carbocycles. The zero-order chi connectivity index (χ0) is 21.2. The van der Waals surface area contributed by atoms with Gasteiger partial charge in [0.05, 0.1) is 18.4 Å². The summed E-state index contributed by atoms with van der Waals surface area (Å²) in [6, 6.07) is 10.4. The largest absolute Gasteiger partial charge is 0.313 e. The van der Waals surface area contributed by atoms with Crippen molar-refractivity contribution in [3.63, 3.8) is 0 Å². The van der Waals surface area contributed by atoms with Gasteiger partial charge in [-0.05, 0) is 51.3 Å². The molecule has 0 aliphatic carbocycles. The summed E-state index contributed by atoms with van der Waals surface area (Å²) in [5.74, 6) is 1.59. The second-order valence-electron chi connectivity index (χ2n) is 7.26. The van der Waals surface area contributed by atoms with Gasteiger partial charge in [0, 0.05) is 22.8 Å². The molecule has 4 heterocycles. The van der Waals surface area contributed by atoms with Crippen LogP contribution in [-0.2, 0) is 13.0 Å². The van der Waals surface area contributed by atoms with Crippen LogP contribution in [0.2, 0.25) is 0 Å².